The Morgan fingerprint density at radius 2 is 1.96 bits per heavy atom. The first-order chi connectivity index (χ1) is 12.4. The molecule has 0 fully saturated rings. The number of hydrogen-bond donors (Lipinski definition) is 1. The Hall–Kier alpha value is -2.89. The molecular formula is C20H24N4O2. The summed E-state index contributed by atoms with van der Waals surface area (Å²) in [6, 6.07) is 7.68. The summed E-state index contributed by atoms with van der Waals surface area (Å²) in [5.74, 6) is 0.607. The van der Waals surface area contributed by atoms with Crippen LogP contribution in [-0.2, 0) is 11.2 Å². The number of carbonyl (C=O) groups is 1. The van der Waals surface area contributed by atoms with E-state index in [-0.39, 0.29) is 5.91 Å². The van der Waals surface area contributed by atoms with Gasteiger partial charge in [-0.2, -0.15) is 5.10 Å². The maximum absolute atomic E-state index is 12.4. The predicted molar refractivity (Wildman–Crippen MR) is 102 cm³/mol. The summed E-state index contributed by atoms with van der Waals surface area (Å²) >= 11 is 0. The summed E-state index contributed by atoms with van der Waals surface area (Å²) < 4.78 is 7.16. The van der Waals surface area contributed by atoms with Gasteiger partial charge in [0.2, 0.25) is 5.91 Å². The fourth-order valence-electron chi connectivity index (χ4n) is 3.17. The zero-order chi connectivity index (χ0) is 18.8. The molecule has 0 saturated carbocycles. The van der Waals surface area contributed by atoms with Gasteiger partial charge >= 0.3 is 0 Å². The fourth-order valence-corrected chi connectivity index (χ4v) is 3.17. The summed E-state index contributed by atoms with van der Waals surface area (Å²) in [5, 5.41) is 7.42. The average Bonchev–Trinajstić information content (AvgIpc) is 2.95. The highest BCUT2D eigenvalue weighted by molar-refractivity contribution is 5.92. The summed E-state index contributed by atoms with van der Waals surface area (Å²) in [6.45, 7) is 7.93. The molecule has 0 aliphatic carbocycles. The number of carbonyl (C=O) groups excluding carboxylic acids is 1. The van der Waals surface area contributed by atoms with Crippen molar-refractivity contribution < 1.29 is 9.53 Å². The number of nitrogens with one attached hydrogen (secondary N) is 1. The number of fused-ring (bicyclic) bond motifs is 1. The van der Waals surface area contributed by atoms with Crippen LogP contribution in [0, 0.1) is 27.7 Å². The van der Waals surface area contributed by atoms with Crippen LogP contribution in [0.25, 0.3) is 5.65 Å². The number of aromatic nitrogens is 3. The number of amides is 1. The molecule has 1 amide bonds. The van der Waals surface area contributed by atoms with Crippen molar-refractivity contribution in [3.05, 3.63) is 52.5 Å². The van der Waals surface area contributed by atoms with Gasteiger partial charge in [0.15, 0.2) is 5.65 Å². The second-order valence-electron chi connectivity index (χ2n) is 6.57. The zero-order valence-corrected chi connectivity index (χ0v) is 15.9. The molecule has 0 unspecified atom stereocenters. The largest absolute Gasteiger partial charge is 0.495 e. The predicted octanol–water partition coefficient (Wildman–Crippen LogP) is 3.54. The standard InChI is InChI=1S/C20H24N4O2/c1-12-6-8-18(26-5)17(10-12)22-20(25)9-7-16-14(3)21-19-11-13(2)23-24(19)15(16)4/h6,8,10-11H,7,9H2,1-5H3,(H,22,25). The second kappa shape index (κ2) is 7.15. The van der Waals surface area contributed by atoms with Gasteiger partial charge in [0.25, 0.3) is 0 Å². The number of benzene rings is 1. The fraction of sp³-hybridized carbons (Fsp3) is 0.350. The maximum Gasteiger partial charge on any atom is 0.224 e. The first kappa shape index (κ1) is 17.9. The molecule has 136 valence electrons. The van der Waals surface area contributed by atoms with Crippen LogP contribution in [0.1, 0.15) is 34.6 Å². The van der Waals surface area contributed by atoms with Crippen molar-refractivity contribution >= 4 is 17.2 Å². The van der Waals surface area contributed by atoms with Gasteiger partial charge in [-0.05, 0) is 57.4 Å². The molecule has 1 N–H and O–H groups in total. The van der Waals surface area contributed by atoms with Crippen LogP contribution in [0.2, 0.25) is 0 Å². The molecule has 0 aliphatic heterocycles. The van der Waals surface area contributed by atoms with Crippen molar-refractivity contribution in [2.45, 2.75) is 40.5 Å². The van der Waals surface area contributed by atoms with E-state index in [9.17, 15) is 4.79 Å². The van der Waals surface area contributed by atoms with Crippen LogP contribution in [0.3, 0.4) is 0 Å². The van der Waals surface area contributed by atoms with Crippen molar-refractivity contribution in [1.29, 1.82) is 0 Å². The van der Waals surface area contributed by atoms with Crippen molar-refractivity contribution in [3.63, 3.8) is 0 Å². The summed E-state index contributed by atoms with van der Waals surface area (Å²) in [4.78, 5) is 17.1. The van der Waals surface area contributed by atoms with E-state index in [1.807, 2.05) is 56.5 Å². The van der Waals surface area contributed by atoms with Gasteiger partial charge in [0.1, 0.15) is 5.75 Å². The van der Waals surface area contributed by atoms with E-state index in [1.54, 1.807) is 7.11 Å². The van der Waals surface area contributed by atoms with Gasteiger partial charge in [0, 0.05) is 23.9 Å². The Morgan fingerprint density at radius 1 is 1.19 bits per heavy atom. The van der Waals surface area contributed by atoms with Crippen LogP contribution in [0.5, 0.6) is 5.75 Å². The number of aryl methyl sites for hydroxylation is 4. The molecule has 3 aromatic rings. The lowest BCUT2D eigenvalue weighted by Gasteiger charge is -2.13. The molecule has 0 saturated heterocycles. The van der Waals surface area contributed by atoms with E-state index < -0.39 is 0 Å². The van der Waals surface area contributed by atoms with Crippen LogP contribution in [0.4, 0.5) is 5.69 Å². The van der Waals surface area contributed by atoms with E-state index in [4.69, 9.17) is 4.74 Å². The third kappa shape index (κ3) is 3.54. The van der Waals surface area contributed by atoms with Crippen molar-refractivity contribution in [1.82, 2.24) is 14.6 Å². The topological polar surface area (TPSA) is 68.5 Å². The van der Waals surface area contributed by atoms with Crippen molar-refractivity contribution in [2.24, 2.45) is 0 Å². The van der Waals surface area contributed by atoms with Crippen LogP contribution in [-0.4, -0.2) is 27.6 Å². The first-order valence-corrected chi connectivity index (χ1v) is 8.66. The smallest absolute Gasteiger partial charge is 0.224 e. The van der Waals surface area contributed by atoms with E-state index >= 15 is 0 Å². The minimum absolute atomic E-state index is 0.0514. The van der Waals surface area contributed by atoms with Crippen molar-refractivity contribution in [2.75, 3.05) is 12.4 Å². The minimum Gasteiger partial charge on any atom is -0.495 e. The van der Waals surface area contributed by atoms with Crippen LogP contribution < -0.4 is 10.1 Å². The molecule has 0 aliphatic rings. The summed E-state index contributed by atoms with van der Waals surface area (Å²) in [7, 11) is 1.60. The number of nitrogens with zero attached hydrogens (tertiary/aromatic N) is 3. The molecule has 6 nitrogen and oxygen atoms in total. The van der Waals surface area contributed by atoms with Gasteiger partial charge in [-0.1, -0.05) is 6.07 Å². The number of hydrogen-bond acceptors (Lipinski definition) is 4. The number of methoxy groups -OCH3 is 1. The Morgan fingerprint density at radius 3 is 2.69 bits per heavy atom. The molecule has 0 bridgehead atoms. The van der Waals surface area contributed by atoms with Gasteiger partial charge in [-0.25, -0.2) is 9.50 Å². The van der Waals surface area contributed by atoms with Crippen LogP contribution in [0.15, 0.2) is 24.3 Å². The Labute approximate surface area is 153 Å². The van der Waals surface area contributed by atoms with Gasteiger partial charge in [-0.15, -0.1) is 0 Å². The second-order valence-corrected chi connectivity index (χ2v) is 6.57. The molecule has 3 rings (SSSR count). The number of ether oxygens (including phenoxy) is 1. The van der Waals surface area contributed by atoms with Crippen molar-refractivity contribution in [3.8, 4) is 5.75 Å². The Bertz CT molecular complexity index is 976. The molecule has 1 aromatic carbocycles. The molecule has 2 aromatic heterocycles. The third-order valence-corrected chi connectivity index (χ3v) is 4.52. The number of anilines is 1. The quantitative estimate of drug-likeness (QED) is 0.762. The molecule has 2 heterocycles. The first-order valence-electron chi connectivity index (χ1n) is 8.66. The Kier molecular flexibility index (Phi) is 4.93. The molecule has 26 heavy (non-hydrogen) atoms. The highest BCUT2D eigenvalue weighted by Gasteiger charge is 2.14. The lowest BCUT2D eigenvalue weighted by atomic mass is 10.1. The van der Waals surface area contributed by atoms with E-state index in [0.29, 0.717) is 24.3 Å². The average molecular weight is 352 g/mol. The zero-order valence-electron chi connectivity index (χ0n) is 15.9. The third-order valence-electron chi connectivity index (χ3n) is 4.52. The van der Waals surface area contributed by atoms with E-state index in [1.165, 1.54) is 0 Å². The molecule has 6 heteroatoms. The summed E-state index contributed by atoms with van der Waals surface area (Å²) in [6.07, 6.45) is 0.978. The SMILES string of the molecule is COc1ccc(C)cc1NC(=O)CCc1c(C)nc2cc(C)nn2c1C. The van der Waals surface area contributed by atoms with E-state index in [0.717, 1.165) is 33.9 Å². The van der Waals surface area contributed by atoms with E-state index in [2.05, 4.69) is 15.4 Å². The van der Waals surface area contributed by atoms with Gasteiger partial charge < -0.3 is 10.1 Å². The maximum atomic E-state index is 12.4. The molecular weight excluding hydrogens is 328 g/mol. The molecule has 0 radical (unpaired) electrons. The van der Waals surface area contributed by atoms with Gasteiger partial charge in [0.05, 0.1) is 18.5 Å². The minimum atomic E-state index is -0.0514. The lowest BCUT2D eigenvalue weighted by Crippen LogP contribution is -2.15. The Balaban J connectivity index is 1.76. The molecule has 0 atom stereocenters. The van der Waals surface area contributed by atoms with Gasteiger partial charge in [-0.3, -0.25) is 4.79 Å². The highest BCUT2D eigenvalue weighted by Crippen LogP contribution is 2.25. The monoisotopic (exact) mass is 352 g/mol. The number of rotatable bonds is 5. The normalized spacial score (nSPS) is 11.0. The lowest BCUT2D eigenvalue weighted by molar-refractivity contribution is -0.116. The highest BCUT2D eigenvalue weighted by atomic mass is 16.5. The summed E-state index contributed by atoms with van der Waals surface area (Å²) in [5.41, 5.74) is 6.57. The molecule has 0 spiro atoms. The van der Waals surface area contributed by atoms with Crippen LogP contribution >= 0.6 is 0 Å².